The van der Waals surface area contributed by atoms with Gasteiger partial charge in [0, 0.05) is 30.8 Å². The molecule has 2 heterocycles. The van der Waals surface area contributed by atoms with Gasteiger partial charge in [0.05, 0.1) is 31.7 Å². The summed E-state index contributed by atoms with van der Waals surface area (Å²) in [6.45, 7) is 6.35. The predicted molar refractivity (Wildman–Crippen MR) is 100 cm³/mol. The molecule has 0 N–H and O–H groups in total. The van der Waals surface area contributed by atoms with Crippen LogP contribution in [0.2, 0.25) is 0 Å². The van der Waals surface area contributed by atoms with Gasteiger partial charge >= 0.3 is 5.97 Å². The van der Waals surface area contributed by atoms with Gasteiger partial charge in [0.15, 0.2) is 0 Å². The lowest BCUT2D eigenvalue weighted by atomic mass is 10.1. The minimum absolute atomic E-state index is 0.0250. The summed E-state index contributed by atoms with van der Waals surface area (Å²) in [4.78, 5) is 25.8. The van der Waals surface area contributed by atoms with Crippen LogP contribution in [0.25, 0.3) is 5.69 Å². The number of nitrogens with zero attached hydrogens (tertiary/aromatic N) is 3. The van der Waals surface area contributed by atoms with Crippen molar-refractivity contribution in [3.05, 3.63) is 46.8 Å². The van der Waals surface area contributed by atoms with Crippen LogP contribution in [0.3, 0.4) is 0 Å². The van der Waals surface area contributed by atoms with E-state index < -0.39 is 0 Å². The Hall–Kier alpha value is -2.67. The average molecular weight is 371 g/mol. The van der Waals surface area contributed by atoms with Crippen LogP contribution in [0.4, 0.5) is 0 Å². The molecule has 0 spiro atoms. The van der Waals surface area contributed by atoms with Gasteiger partial charge in [-0.3, -0.25) is 9.59 Å². The summed E-state index contributed by atoms with van der Waals surface area (Å²) < 4.78 is 11.9. The van der Waals surface area contributed by atoms with Crippen molar-refractivity contribution in [3.63, 3.8) is 0 Å². The molecule has 2 aromatic rings. The number of hydrogen-bond acceptors (Lipinski definition) is 5. The molecule has 0 unspecified atom stereocenters. The maximum atomic E-state index is 12.6. The van der Waals surface area contributed by atoms with Crippen LogP contribution in [0, 0.1) is 13.8 Å². The van der Waals surface area contributed by atoms with E-state index >= 15 is 0 Å². The number of rotatable bonds is 5. The van der Waals surface area contributed by atoms with E-state index in [1.165, 1.54) is 7.11 Å². The zero-order valence-corrected chi connectivity index (χ0v) is 16.0. The minimum atomic E-state index is -0.229. The third-order valence-corrected chi connectivity index (χ3v) is 4.91. The summed E-state index contributed by atoms with van der Waals surface area (Å²) in [5, 5.41) is 4.60. The van der Waals surface area contributed by atoms with Gasteiger partial charge in [-0.05, 0) is 50.1 Å². The van der Waals surface area contributed by atoms with Crippen LogP contribution in [-0.4, -0.2) is 60.0 Å². The number of amides is 1. The van der Waals surface area contributed by atoms with E-state index in [0.717, 1.165) is 22.6 Å². The van der Waals surface area contributed by atoms with Crippen LogP contribution < -0.4 is 0 Å². The fraction of sp³-hybridized carbons (Fsp3) is 0.450. The van der Waals surface area contributed by atoms with Crippen LogP contribution in [-0.2, 0) is 20.7 Å². The van der Waals surface area contributed by atoms with E-state index in [2.05, 4.69) is 5.10 Å². The van der Waals surface area contributed by atoms with Gasteiger partial charge in [0.1, 0.15) is 0 Å². The second kappa shape index (κ2) is 8.35. The Balaban J connectivity index is 1.77. The topological polar surface area (TPSA) is 73.7 Å². The van der Waals surface area contributed by atoms with Crippen molar-refractivity contribution >= 4 is 11.9 Å². The van der Waals surface area contributed by atoms with E-state index in [0.29, 0.717) is 44.7 Å². The first-order chi connectivity index (χ1) is 13.0. The molecule has 1 amide bonds. The Bertz CT molecular complexity index is 820. The number of carbonyl (C=O) groups is 2. The van der Waals surface area contributed by atoms with Crippen molar-refractivity contribution in [2.75, 3.05) is 33.4 Å². The number of hydrogen-bond donors (Lipinski definition) is 0. The Morgan fingerprint density at radius 2 is 1.81 bits per heavy atom. The maximum absolute atomic E-state index is 12.6. The molecular formula is C20H25N3O4. The number of esters is 1. The van der Waals surface area contributed by atoms with Gasteiger partial charge in [-0.1, -0.05) is 0 Å². The predicted octanol–water partition coefficient (Wildman–Crippen LogP) is 2.07. The summed E-state index contributed by atoms with van der Waals surface area (Å²) in [5.41, 5.74) is 4.48. The number of benzene rings is 1. The summed E-state index contributed by atoms with van der Waals surface area (Å²) in [5.74, 6) is -0.204. The molecule has 1 saturated heterocycles. The lowest BCUT2D eigenvalue weighted by Crippen LogP contribution is -2.40. The lowest BCUT2D eigenvalue weighted by molar-refractivity contribution is -0.140. The summed E-state index contributed by atoms with van der Waals surface area (Å²) in [6.07, 6.45) is 0.925. The molecular weight excluding hydrogens is 346 g/mol. The normalized spacial score (nSPS) is 14.3. The fourth-order valence-electron chi connectivity index (χ4n) is 3.31. The fourth-order valence-corrected chi connectivity index (χ4v) is 3.31. The van der Waals surface area contributed by atoms with Crippen molar-refractivity contribution < 1.29 is 19.1 Å². The highest BCUT2D eigenvalue weighted by Gasteiger charge is 2.19. The number of carbonyl (C=O) groups excluding carboxylic acids is 2. The molecule has 0 bridgehead atoms. The quantitative estimate of drug-likeness (QED) is 0.752. The molecule has 1 aromatic heterocycles. The first kappa shape index (κ1) is 19.1. The van der Waals surface area contributed by atoms with Gasteiger partial charge in [-0.25, -0.2) is 4.68 Å². The molecule has 0 atom stereocenters. The highest BCUT2D eigenvalue weighted by Crippen LogP contribution is 2.20. The Labute approximate surface area is 158 Å². The summed E-state index contributed by atoms with van der Waals surface area (Å²) in [6, 6.07) is 7.46. The minimum Gasteiger partial charge on any atom is -0.469 e. The third kappa shape index (κ3) is 4.19. The second-order valence-electron chi connectivity index (χ2n) is 6.59. The third-order valence-electron chi connectivity index (χ3n) is 4.91. The molecule has 0 aliphatic carbocycles. The zero-order valence-electron chi connectivity index (χ0n) is 16.0. The van der Waals surface area contributed by atoms with E-state index in [1.807, 2.05) is 47.7 Å². The van der Waals surface area contributed by atoms with E-state index in [-0.39, 0.29) is 11.9 Å². The highest BCUT2D eigenvalue weighted by atomic mass is 16.5. The molecule has 1 aromatic carbocycles. The summed E-state index contributed by atoms with van der Waals surface area (Å²) >= 11 is 0. The Morgan fingerprint density at radius 3 is 2.44 bits per heavy atom. The zero-order chi connectivity index (χ0) is 19.4. The molecule has 7 heteroatoms. The van der Waals surface area contributed by atoms with Crippen molar-refractivity contribution in [1.82, 2.24) is 14.7 Å². The monoisotopic (exact) mass is 371 g/mol. The van der Waals surface area contributed by atoms with Gasteiger partial charge in [0.2, 0.25) is 0 Å². The van der Waals surface area contributed by atoms with E-state index in [4.69, 9.17) is 9.47 Å². The molecule has 7 nitrogen and oxygen atoms in total. The van der Waals surface area contributed by atoms with Crippen LogP contribution in [0.1, 0.15) is 33.7 Å². The Kier molecular flexibility index (Phi) is 5.91. The van der Waals surface area contributed by atoms with Gasteiger partial charge in [0.25, 0.3) is 5.91 Å². The molecule has 1 aliphatic heterocycles. The number of ether oxygens (including phenoxy) is 2. The van der Waals surface area contributed by atoms with Gasteiger partial charge < -0.3 is 14.4 Å². The smallest absolute Gasteiger partial charge is 0.305 e. The number of aromatic nitrogens is 2. The molecule has 0 saturated carbocycles. The number of methoxy groups -OCH3 is 1. The van der Waals surface area contributed by atoms with Crippen molar-refractivity contribution in [1.29, 1.82) is 0 Å². The van der Waals surface area contributed by atoms with Crippen LogP contribution >= 0.6 is 0 Å². The van der Waals surface area contributed by atoms with Crippen LogP contribution in [0.5, 0.6) is 0 Å². The average Bonchev–Trinajstić information content (AvgIpc) is 3.00. The standard InChI is InChI=1S/C20H25N3O4/c1-14-18(8-9-19(24)26-3)15(2)23(21-14)17-6-4-16(5-7-17)20(25)22-10-12-27-13-11-22/h4-7H,8-13H2,1-3H3. The second-order valence-corrected chi connectivity index (χ2v) is 6.59. The van der Waals surface area contributed by atoms with E-state index in [9.17, 15) is 9.59 Å². The first-order valence-corrected chi connectivity index (χ1v) is 9.10. The van der Waals surface area contributed by atoms with Crippen molar-refractivity contribution in [2.45, 2.75) is 26.7 Å². The lowest BCUT2D eigenvalue weighted by Gasteiger charge is -2.26. The molecule has 3 rings (SSSR count). The highest BCUT2D eigenvalue weighted by molar-refractivity contribution is 5.94. The summed E-state index contributed by atoms with van der Waals surface area (Å²) in [7, 11) is 1.39. The van der Waals surface area contributed by atoms with Crippen molar-refractivity contribution in [3.8, 4) is 5.69 Å². The van der Waals surface area contributed by atoms with Crippen molar-refractivity contribution in [2.24, 2.45) is 0 Å². The molecule has 1 aliphatic rings. The van der Waals surface area contributed by atoms with Gasteiger partial charge in [-0.15, -0.1) is 0 Å². The maximum Gasteiger partial charge on any atom is 0.305 e. The molecule has 27 heavy (non-hydrogen) atoms. The molecule has 1 fully saturated rings. The largest absolute Gasteiger partial charge is 0.469 e. The Morgan fingerprint density at radius 1 is 1.15 bits per heavy atom. The molecule has 0 radical (unpaired) electrons. The van der Waals surface area contributed by atoms with Gasteiger partial charge in [-0.2, -0.15) is 5.10 Å². The first-order valence-electron chi connectivity index (χ1n) is 9.10. The molecule has 144 valence electrons. The number of aryl methyl sites for hydroxylation is 1. The SMILES string of the molecule is COC(=O)CCc1c(C)nn(-c2ccc(C(=O)N3CCOCC3)cc2)c1C. The van der Waals surface area contributed by atoms with E-state index in [1.54, 1.807) is 0 Å². The number of morpholine rings is 1. The van der Waals surface area contributed by atoms with Crippen LogP contribution in [0.15, 0.2) is 24.3 Å².